The lowest BCUT2D eigenvalue weighted by molar-refractivity contribution is 0.152. The fourth-order valence-corrected chi connectivity index (χ4v) is 2.83. The van der Waals surface area contributed by atoms with Crippen LogP contribution in [0.25, 0.3) is 0 Å². The summed E-state index contributed by atoms with van der Waals surface area (Å²) in [5.41, 5.74) is 0. The number of hydrogen-bond donors (Lipinski definition) is 2. The fraction of sp³-hybridized carbons (Fsp3) is 0.500. The van der Waals surface area contributed by atoms with Gasteiger partial charge in [-0.05, 0) is 19.1 Å². The van der Waals surface area contributed by atoms with Crippen molar-refractivity contribution in [2.24, 2.45) is 4.99 Å². The first-order chi connectivity index (χ1) is 10.1. The van der Waals surface area contributed by atoms with Crippen molar-refractivity contribution in [2.45, 2.75) is 11.8 Å². The largest absolute Gasteiger partial charge is 0.380 e. The summed E-state index contributed by atoms with van der Waals surface area (Å²) in [4.78, 5) is 4.36. The van der Waals surface area contributed by atoms with Crippen LogP contribution in [0.15, 0.2) is 40.2 Å². The number of nitrogens with one attached hydrogen (secondary N) is 2. The van der Waals surface area contributed by atoms with E-state index in [4.69, 9.17) is 4.74 Å². The highest BCUT2D eigenvalue weighted by Gasteiger charge is 2.13. The summed E-state index contributed by atoms with van der Waals surface area (Å²) in [7, 11) is -1.62. The molecule has 0 aliphatic heterocycles. The maximum atomic E-state index is 12.1. The number of rotatable bonds is 8. The molecule has 1 aromatic rings. The molecule has 0 atom stereocenters. The van der Waals surface area contributed by atoms with E-state index in [1.807, 2.05) is 6.92 Å². The van der Waals surface area contributed by atoms with Gasteiger partial charge in [-0.3, -0.25) is 4.99 Å². The minimum absolute atomic E-state index is 0.0170. The van der Waals surface area contributed by atoms with Crippen LogP contribution in [0.2, 0.25) is 0 Å². The van der Waals surface area contributed by atoms with Gasteiger partial charge in [0.25, 0.3) is 0 Å². The lowest BCUT2D eigenvalue weighted by Crippen LogP contribution is -2.40. The number of ether oxygens (including phenoxy) is 1. The number of hydrogen-bond acceptors (Lipinski definition) is 4. The van der Waals surface area contributed by atoms with Gasteiger partial charge >= 0.3 is 0 Å². The molecule has 0 spiro atoms. The highest BCUT2D eigenvalue weighted by molar-refractivity contribution is 7.91. The predicted octanol–water partition coefficient (Wildman–Crippen LogP) is 0.662. The van der Waals surface area contributed by atoms with E-state index >= 15 is 0 Å². The molecule has 0 radical (unpaired) electrons. The van der Waals surface area contributed by atoms with Crippen molar-refractivity contribution in [1.29, 1.82) is 0 Å². The van der Waals surface area contributed by atoms with Gasteiger partial charge in [0, 0.05) is 26.7 Å². The van der Waals surface area contributed by atoms with Crippen LogP contribution in [0.4, 0.5) is 0 Å². The lowest BCUT2D eigenvalue weighted by Gasteiger charge is -2.12. The Hall–Kier alpha value is -1.60. The zero-order valence-corrected chi connectivity index (χ0v) is 13.3. The molecule has 0 bridgehead atoms. The van der Waals surface area contributed by atoms with Crippen molar-refractivity contribution < 1.29 is 13.2 Å². The Kier molecular flexibility index (Phi) is 7.78. The molecular formula is C14H23N3O3S. The Morgan fingerprint density at radius 3 is 2.48 bits per heavy atom. The highest BCUT2D eigenvalue weighted by atomic mass is 32.2. The summed E-state index contributed by atoms with van der Waals surface area (Å²) in [6.07, 6.45) is 0. The molecule has 6 nitrogen and oxygen atoms in total. The first-order valence-electron chi connectivity index (χ1n) is 6.90. The average Bonchev–Trinajstić information content (AvgIpc) is 2.50. The molecule has 1 aromatic carbocycles. The minimum Gasteiger partial charge on any atom is -0.380 e. The second-order valence-corrected chi connectivity index (χ2v) is 6.36. The Labute approximate surface area is 126 Å². The van der Waals surface area contributed by atoms with E-state index in [2.05, 4.69) is 15.6 Å². The zero-order chi connectivity index (χ0) is 15.6. The molecule has 21 heavy (non-hydrogen) atoms. The van der Waals surface area contributed by atoms with E-state index in [1.165, 1.54) is 0 Å². The normalized spacial score (nSPS) is 12.2. The highest BCUT2D eigenvalue weighted by Crippen LogP contribution is 2.08. The summed E-state index contributed by atoms with van der Waals surface area (Å²) in [6.45, 7) is 4.11. The molecule has 0 saturated heterocycles. The predicted molar refractivity (Wildman–Crippen MR) is 84.4 cm³/mol. The van der Waals surface area contributed by atoms with Crippen LogP contribution in [0, 0.1) is 0 Å². The average molecular weight is 313 g/mol. The van der Waals surface area contributed by atoms with Crippen LogP contribution in [0.5, 0.6) is 0 Å². The van der Waals surface area contributed by atoms with Crippen LogP contribution in [0.3, 0.4) is 0 Å². The molecule has 0 heterocycles. The van der Waals surface area contributed by atoms with Crippen LogP contribution in [-0.2, 0) is 14.6 Å². The number of nitrogens with zero attached hydrogens (tertiary/aromatic N) is 1. The molecule has 7 heteroatoms. The molecule has 0 fully saturated rings. The second kappa shape index (κ2) is 9.36. The maximum Gasteiger partial charge on any atom is 0.191 e. The number of benzene rings is 1. The van der Waals surface area contributed by atoms with E-state index in [-0.39, 0.29) is 5.75 Å². The molecule has 0 aliphatic rings. The van der Waals surface area contributed by atoms with Crippen LogP contribution in [-0.4, -0.2) is 53.5 Å². The molecule has 1 rings (SSSR count). The molecule has 0 saturated carbocycles. The molecule has 0 amide bonds. The van der Waals surface area contributed by atoms with Crippen LogP contribution in [0.1, 0.15) is 6.92 Å². The van der Waals surface area contributed by atoms with Gasteiger partial charge in [-0.1, -0.05) is 18.2 Å². The van der Waals surface area contributed by atoms with Gasteiger partial charge in [0.05, 0.1) is 17.3 Å². The molecule has 0 aromatic heterocycles. The van der Waals surface area contributed by atoms with Gasteiger partial charge in [0.15, 0.2) is 15.8 Å². The summed E-state index contributed by atoms with van der Waals surface area (Å²) in [6, 6.07) is 8.43. The van der Waals surface area contributed by atoms with Crippen molar-refractivity contribution in [3.63, 3.8) is 0 Å². The van der Waals surface area contributed by atoms with Gasteiger partial charge in [0.2, 0.25) is 0 Å². The Balaban J connectivity index is 2.38. The molecule has 2 N–H and O–H groups in total. The van der Waals surface area contributed by atoms with Gasteiger partial charge in [0.1, 0.15) is 0 Å². The minimum atomic E-state index is -3.26. The smallest absolute Gasteiger partial charge is 0.191 e. The van der Waals surface area contributed by atoms with Crippen molar-refractivity contribution in [2.75, 3.05) is 39.1 Å². The van der Waals surface area contributed by atoms with E-state index in [1.54, 1.807) is 37.4 Å². The number of sulfone groups is 1. The van der Waals surface area contributed by atoms with E-state index < -0.39 is 9.84 Å². The van der Waals surface area contributed by atoms with Crippen LogP contribution < -0.4 is 10.6 Å². The molecular weight excluding hydrogens is 290 g/mol. The SMILES string of the molecule is CCOCCNC(=NC)NCCS(=O)(=O)c1ccccc1. The quantitative estimate of drug-likeness (QED) is 0.419. The van der Waals surface area contributed by atoms with Gasteiger partial charge in [-0.15, -0.1) is 0 Å². The Morgan fingerprint density at radius 2 is 1.86 bits per heavy atom. The maximum absolute atomic E-state index is 12.1. The Morgan fingerprint density at radius 1 is 1.19 bits per heavy atom. The van der Waals surface area contributed by atoms with Gasteiger partial charge in [-0.25, -0.2) is 8.42 Å². The standard InChI is InChI=1S/C14H23N3O3S/c1-3-20-11-9-16-14(15-2)17-10-12-21(18,19)13-7-5-4-6-8-13/h4-8H,3,9-12H2,1-2H3,(H2,15,16,17). The fourth-order valence-electron chi connectivity index (χ4n) is 1.66. The van der Waals surface area contributed by atoms with Crippen molar-refractivity contribution in [1.82, 2.24) is 10.6 Å². The van der Waals surface area contributed by atoms with Crippen LogP contribution >= 0.6 is 0 Å². The molecule has 0 unspecified atom stereocenters. The number of guanidine groups is 1. The topological polar surface area (TPSA) is 79.8 Å². The summed E-state index contributed by atoms with van der Waals surface area (Å²) < 4.78 is 29.4. The summed E-state index contributed by atoms with van der Waals surface area (Å²) >= 11 is 0. The van der Waals surface area contributed by atoms with E-state index in [0.717, 1.165) is 0 Å². The third kappa shape index (κ3) is 6.59. The third-order valence-corrected chi connectivity index (χ3v) is 4.46. The first kappa shape index (κ1) is 17.5. The lowest BCUT2D eigenvalue weighted by atomic mass is 10.4. The summed E-state index contributed by atoms with van der Waals surface area (Å²) in [5, 5.41) is 6.03. The van der Waals surface area contributed by atoms with E-state index in [0.29, 0.717) is 37.2 Å². The summed E-state index contributed by atoms with van der Waals surface area (Å²) in [5.74, 6) is 0.585. The molecule has 118 valence electrons. The third-order valence-electron chi connectivity index (χ3n) is 2.73. The molecule has 0 aliphatic carbocycles. The number of aliphatic imine (C=N–C) groups is 1. The van der Waals surface area contributed by atoms with Crippen molar-refractivity contribution >= 4 is 15.8 Å². The monoisotopic (exact) mass is 313 g/mol. The van der Waals surface area contributed by atoms with E-state index in [9.17, 15) is 8.42 Å². The van der Waals surface area contributed by atoms with Crippen molar-refractivity contribution in [3.05, 3.63) is 30.3 Å². The first-order valence-corrected chi connectivity index (χ1v) is 8.55. The van der Waals surface area contributed by atoms with Crippen molar-refractivity contribution in [3.8, 4) is 0 Å². The zero-order valence-electron chi connectivity index (χ0n) is 12.5. The van der Waals surface area contributed by atoms with Gasteiger partial charge in [-0.2, -0.15) is 0 Å². The Bertz CT molecular complexity index is 530. The van der Waals surface area contributed by atoms with Gasteiger partial charge < -0.3 is 15.4 Å². The second-order valence-electron chi connectivity index (χ2n) is 4.25.